The third kappa shape index (κ3) is 1.69. The van der Waals surface area contributed by atoms with Gasteiger partial charge in [-0.1, -0.05) is 45.0 Å². The zero-order valence-corrected chi connectivity index (χ0v) is 9.30. The summed E-state index contributed by atoms with van der Waals surface area (Å²) in [6.07, 6.45) is 0. The minimum atomic E-state index is 0.351. The molecule has 1 heteroatoms. The van der Waals surface area contributed by atoms with Crippen LogP contribution in [0.5, 0.6) is 0 Å². The van der Waals surface area contributed by atoms with E-state index in [-0.39, 0.29) is 0 Å². The summed E-state index contributed by atoms with van der Waals surface area (Å²) in [6.45, 7) is 9.10. The lowest BCUT2D eigenvalue weighted by Crippen LogP contribution is -2.35. The number of hydrogen-bond donors (Lipinski definition) is 1. The molecule has 0 bridgehead atoms. The summed E-state index contributed by atoms with van der Waals surface area (Å²) in [6, 6.07) is 8.81. The number of rotatable bonds is 0. The van der Waals surface area contributed by atoms with Gasteiger partial charge in [0.2, 0.25) is 0 Å². The average molecular weight is 189 g/mol. The van der Waals surface area contributed by atoms with E-state index in [1.807, 2.05) is 0 Å². The normalized spacial score (nSPS) is 21.8. The summed E-state index contributed by atoms with van der Waals surface area (Å²) in [5.41, 5.74) is 3.36. The lowest BCUT2D eigenvalue weighted by atomic mass is 9.73. The Morgan fingerprint density at radius 2 is 1.93 bits per heavy atom. The predicted octanol–water partition coefficient (Wildman–Crippen LogP) is 2.92. The molecule has 1 aliphatic rings. The highest BCUT2D eigenvalue weighted by Gasteiger charge is 2.29. The molecule has 1 unspecified atom stereocenters. The Morgan fingerprint density at radius 3 is 2.64 bits per heavy atom. The SMILES string of the molecule is CC(C)(C)C1CNCc2ccccc21. The first-order chi connectivity index (χ1) is 6.59. The molecule has 1 aromatic carbocycles. The van der Waals surface area contributed by atoms with Crippen molar-refractivity contribution in [2.45, 2.75) is 33.2 Å². The molecule has 1 atom stereocenters. The second kappa shape index (κ2) is 3.39. The Bertz CT molecular complexity index is 322. The fourth-order valence-corrected chi connectivity index (χ4v) is 2.27. The molecular formula is C13H19N. The monoisotopic (exact) mass is 189 g/mol. The number of fused-ring (bicyclic) bond motifs is 1. The maximum Gasteiger partial charge on any atom is 0.0208 e. The van der Waals surface area contributed by atoms with Gasteiger partial charge >= 0.3 is 0 Å². The molecular weight excluding hydrogens is 170 g/mol. The van der Waals surface area contributed by atoms with Gasteiger partial charge in [-0.3, -0.25) is 0 Å². The van der Waals surface area contributed by atoms with Crippen LogP contribution in [0.3, 0.4) is 0 Å². The van der Waals surface area contributed by atoms with E-state index >= 15 is 0 Å². The second-order valence-electron chi connectivity index (χ2n) is 5.25. The van der Waals surface area contributed by atoms with E-state index in [1.165, 1.54) is 5.56 Å². The standard InChI is InChI=1S/C13H19N/c1-13(2,3)12-9-14-8-10-6-4-5-7-11(10)12/h4-7,12,14H,8-9H2,1-3H3. The Hall–Kier alpha value is -0.820. The highest BCUT2D eigenvalue weighted by Crippen LogP contribution is 2.37. The number of benzene rings is 1. The third-order valence-electron chi connectivity index (χ3n) is 3.14. The Morgan fingerprint density at radius 1 is 1.21 bits per heavy atom. The molecule has 2 rings (SSSR count). The molecule has 0 amide bonds. The van der Waals surface area contributed by atoms with E-state index in [0.29, 0.717) is 11.3 Å². The van der Waals surface area contributed by atoms with E-state index in [0.717, 1.165) is 13.1 Å². The molecule has 0 aromatic heterocycles. The van der Waals surface area contributed by atoms with Gasteiger partial charge < -0.3 is 5.32 Å². The summed E-state index contributed by atoms with van der Waals surface area (Å²) in [7, 11) is 0. The summed E-state index contributed by atoms with van der Waals surface area (Å²) in [5, 5.41) is 3.50. The van der Waals surface area contributed by atoms with Gasteiger partial charge in [0.05, 0.1) is 0 Å². The predicted molar refractivity (Wildman–Crippen MR) is 60.3 cm³/mol. The van der Waals surface area contributed by atoms with Gasteiger partial charge in [0.1, 0.15) is 0 Å². The molecule has 1 aliphatic heterocycles. The Kier molecular flexibility index (Phi) is 2.36. The Balaban J connectivity index is 2.41. The van der Waals surface area contributed by atoms with Crippen LogP contribution < -0.4 is 5.32 Å². The number of nitrogens with one attached hydrogen (secondary N) is 1. The topological polar surface area (TPSA) is 12.0 Å². The fourth-order valence-electron chi connectivity index (χ4n) is 2.27. The van der Waals surface area contributed by atoms with Crippen molar-refractivity contribution in [3.05, 3.63) is 35.4 Å². The largest absolute Gasteiger partial charge is 0.312 e. The van der Waals surface area contributed by atoms with Crippen LogP contribution in [0, 0.1) is 5.41 Å². The summed E-state index contributed by atoms with van der Waals surface area (Å²) in [4.78, 5) is 0. The van der Waals surface area contributed by atoms with Gasteiger partial charge in [0, 0.05) is 19.0 Å². The van der Waals surface area contributed by atoms with Gasteiger partial charge in [-0.05, 0) is 16.5 Å². The van der Waals surface area contributed by atoms with Crippen LogP contribution in [0.25, 0.3) is 0 Å². The van der Waals surface area contributed by atoms with Crippen LogP contribution in [0.1, 0.15) is 37.8 Å². The first-order valence-electron chi connectivity index (χ1n) is 5.37. The first-order valence-corrected chi connectivity index (χ1v) is 5.37. The lowest BCUT2D eigenvalue weighted by Gasteiger charge is -2.36. The van der Waals surface area contributed by atoms with Gasteiger partial charge in [-0.25, -0.2) is 0 Å². The molecule has 76 valence electrons. The minimum absolute atomic E-state index is 0.351. The van der Waals surface area contributed by atoms with Gasteiger partial charge in [-0.15, -0.1) is 0 Å². The van der Waals surface area contributed by atoms with Gasteiger partial charge in [-0.2, -0.15) is 0 Å². The average Bonchev–Trinajstić information content (AvgIpc) is 2.15. The van der Waals surface area contributed by atoms with Crippen molar-refractivity contribution in [1.29, 1.82) is 0 Å². The van der Waals surface area contributed by atoms with Crippen molar-refractivity contribution < 1.29 is 0 Å². The Labute approximate surface area is 86.5 Å². The first kappa shape index (κ1) is 9.72. The van der Waals surface area contributed by atoms with Crippen LogP contribution in [-0.4, -0.2) is 6.54 Å². The summed E-state index contributed by atoms with van der Waals surface area (Å²) >= 11 is 0. The highest BCUT2D eigenvalue weighted by atomic mass is 14.9. The van der Waals surface area contributed by atoms with Crippen LogP contribution in [0.15, 0.2) is 24.3 Å². The molecule has 0 saturated carbocycles. The van der Waals surface area contributed by atoms with Gasteiger partial charge in [0.25, 0.3) is 0 Å². The smallest absolute Gasteiger partial charge is 0.0208 e. The summed E-state index contributed by atoms with van der Waals surface area (Å²) in [5.74, 6) is 0.646. The van der Waals surface area contributed by atoms with Gasteiger partial charge in [0.15, 0.2) is 0 Å². The van der Waals surface area contributed by atoms with E-state index in [1.54, 1.807) is 5.56 Å². The molecule has 1 aromatic rings. The molecule has 1 heterocycles. The van der Waals surface area contributed by atoms with Crippen LogP contribution >= 0.6 is 0 Å². The summed E-state index contributed by atoms with van der Waals surface area (Å²) < 4.78 is 0. The molecule has 0 spiro atoms. The van der Waals surface area contributed by atoms with Crippen LogP contribution in [0.2, 0.25) is 0 Å². The minimum Gasteiger partial charge on any atom is -0.312 e. The quantitative estimate of drug-likeness (QED) is 0.661. The van der Waals surface area contributed by atoms with Crippen LogP contribution in [0.4, 0.5) is 0 Å². The van der Waals surface area contributed by atoms with E-state index in [9.17, 15) is 0 Å². The maximum atomic E-state index is 3.50. The van der Waals surface area contributed by atoms with Crippen molar-refractivity contribution in [1.82, 2.24) is 5.32 Å². The fraction of sp³-hybridized carbons (Fsp3) is 0.538. The zero-order chi connectivity index (χ0) is 10.2. The lowest BCUT2D eigenvalue weighted by molar-refractivity contribution is 0.296. The highest BCUT2D eigenvalue weighted by molar-refractivity contribution is 5.33. The zero-order valence-electron chi connectivity index (χ0n) is 9.30. The van der Waals surface area contributed by atoms with Crippen molar-refractivity contribution in [3.8, 4) is 0 Å². The van der Waals surface area contributed by atoms with E-state index in [4.69, 9.17) is 0 Å². The molecule has 14 heavy (non-hydrogen) atoms. The number of hydrogen-bond acceptors (Lipinski definition) is 1. The molecule has 0 fully saturated rings. The molecule has 1 nitrogen and oxygen atoms in total. The van der Waals surface area contributed by atoms with Crippen LogP contribution in [-0.2, 0) is 6.54 Å². The van der Waals surface area contributed by atoms with Crippen molar-refractivity contribution in [3.63, 3.8) is 0 Å². The van der Waals surface area contributed by atoms with E-state index in [2.05, 4.69) is 50.4 Å². The molecule has 0 aliphatic carbocycles. The third-order valence-corrected chi connectivity index (χ3v) is 3.14. The van der Waals surface area contributed by atoms with Crippen molar-refractivity contribution in [2.75, 3.05) is 6.54 Å². The molecule has 1 N–H and O–H groups in total. The second-order valence-corrected chi connectivity index (χ2v) is 5.25. The molecule has 0 saturated heterocycles. The van der Waals surface area contributed by atoms with Crippen molar-refractivity contribution in [2.24, 2.45) is 5.41 Å². The van der Waals surface area contributed by atoms with Crippen molar-refractivity contribution >= 4 is 0 Å². The molecule has 0 radical (unpaired) electrons. The van der Waals surface area contributed by atoms with E-state index < -0.39 is 0 Å². The maximum absolute atomic E-state index is 3.50.